The van der Waals surface area contributed by atoms with Crippen molar-refractivity contribution in [3.05, 3.63) is 47.8 Å². The molecule has 3 rings (SSSR count). The van der Waals surface area contributed by atoms with Crippen molar-refractivity contribution in [2.75, 3.05) is 37.4 Å². The number of rotatable bonds is 4. The van der Waals surface area contributed by atoms with Crippen LogP contribution in [-0.2, 0) is 4.79 Å². The van der Waals surface area contributed by atoms with E-state index >= 15 is 0 Å². The lowest BCUT2D eigenvalue weighted by Gasteiger charge is -2.32. The summed E-state index contributed by atoms with van der Waals surface area (Å²) in [4.78, 5) is 37.6. The van der Waals surface area contributed by atoms with Crippen molar-refractivity contribution in [3.8, 4) is 0 Å². The van der Waals surface area contributed by atoms with E-state index in [0.717, 1.165) is 24.4 Å². The van der Waals surface area contributed by atoms with Crippen LogP contribution in [0.5, 0.6) is 0 Å². The molecule has 1 aliphatic heterocycles. The van der Waals surface area contributed by atoms with Crippen LogP contribution in [0.25, 0.3) is 0 Å². The van der Waals surface area contributed by atoms with Gasteiger partial charge in [0, 0.05) is 39.1 Å². The Bertz CT molecular complexity index is 819. The Morgan fingerprint density at radius 1 is 1.22 bits per heavy atom. The van der Waals surface area contributed by atoms with Crippen LogP contribution >= 0.6 is 0 Å². The second kappa shape index (κ2) is 8.16. The van der Waals surface area contributed by atoms with Gasteiger partial charge in [-0.1, -0.05) is 6.07 Å². The molecular weight excluding hydrogens is 342 g/mol. The minimum Gasteiger partial charge on any atom is -0.363 e. The molecular formula is C20H25N5O2. The SMILES string of the molecule is Cc1cccc(NC(=O)C2CCCN(C(=O)c3ccc(N(C)C)nc3)C2)n1. The van der Waals surface area contributed by atoms with Crippen LogP contribution < -0.4 is 10.2 Å². The van der Waals surface area contributed by atoms with E-state index in [4.69, 9.17) is 0 Å². The van der Waals surface area contributed by atoms with Gasteiger partial charge in [0.25, 0.3) is 5.91 Å². The number of carbonyl (C=O) groups is 2. The lowest BCUT2D eigenvalue weighted by atomic mass is 9.96. The third-order valence-electron chi connectivity index (χ3n) is 4.67. The molecule has 0 aliphatic carbocycles. The highest BCUT2D eigenvalue weighted by molar-refractivity contribution is 5.96. The Morgan fingerprint density at radius 3 is 2.70 bits per heavy atom. The van der Waals surface area contributed by atoms with Gasteiger partial charge in [0.15, 0.2) is 0 Å². The smallest absolute Gasteiger partial charge is 0.255 e. The molecule has 142 valence electrons. The van der Waals surface area contributed by atoms with Gasteiger partial charge in [-0.05, 0) is 44.0 Å². The molecule has 0 radical (unpaired) electrons. The number of pyridine rings is 2. The van der Waals surface area contributed by atoms with Crippen LogP contribution in [0.3, 0.4) is 0 Å². The first-order valence-electron chi connectivity index (χ1n) is 9.11. The topological polar surface area (TPSA) is 78.4 Å². The second-order valence-corrected chi connectivity index (χ2v) is 7.04. The molecule has 1 fully saturated rings. The molecule has 2 aromatic heterocycles. The van der Waals surface area contributed by atoms with Crippen LogP contribution in [0.2, 0.25) is 0 Å². The highest BCUT2D eigenvalue weighted by atomic mass is 16.2. The van der Waals surface area contributed by atoms with E-state index < -0.39 is 0 Å². The Morgan fingerprint density at radius 2 is 2.04 bits per heavy atom. The van der Waals surface area contributed by atoms with Crippen LogP contribution in [0.15, 0.2) is 36.5 Å². The van der Waals surface area contributed by atoms with Crippen molar-refractivity contribution < 1.29 is 9.59 Å². The number of piperidine rings is 1. The van der Waals surface area contributed by atoms with Crippen molar-refractivity contribution in [2.24, 2.45) is 5.92 Å². The zero-order chi connectivity index (χ0) is 19.4. The number of carbonyl (C=O) groups excluding carboxylic acids is 2. The average Bonchev–Trinajstić information content (AvgIpc) is 2.67. The van der Waals surface area contributed by atoms with Gasteiger partial charge in [0.2, 0.25) is 5.91 Å². The molecule has 1 aliphatic rings. The first-order valence-corrected chi connectivity index (χ1v) is 9.11. The van der Waals surface area contributed by atoms with Crippen molar-refractivity contribution in [1.82, 2.24) is 14.9 Å². The molecule has 3 heterocycles. The summed E-state index contributed by atoms with van der Waals surface area (Å²) in [7, 11) is 3.81. The Balaban J connectivity index is 1.64. The molecule has 2 aromatic rings. The lowest BCUT2D eigenvalue weighted by molar-refractivity contribution is -0.121. The van der Waals surface area contributed by atoms with Crippen molar-refractivity contribution >= 4 is 23.5 Å². The highest BCUT2D eigenvalue weighted by Gasteiger charge is 2.29. The Kier molecular flexibility index (Phi) is 5.69. The summed E-state index contributed by atoms with van der Waals surface area (Å²) < 4.78 is 0. The summed E-state index contributed by atoms with van der Waals surface area (Å²) in [5.74, 6) is 0.935. The molecule has 1 atom stereocenters. The molecule has 7 heteroatoms. The zero-order valence-corrected chi connectivity index (χ0v) is 16.0. The van der Waals surface area contributed by atoms with Gasteiger partial charge in [-0.25, -0.2) is 9.97 Å². The van der Waals surface area contributed by atoms with Crippen molar-refractivity contribution in [2.45, 2.75) is 19.8 Å². The number of amides is 2. The normalized spacial score (nSPS) is 16.7. The number of aromatic nitrogens is 2. The predicted molar refractivity (Wildman–Crippen MR) is 105 cm³/mol. The molecule has 1 unspecified atom stereocenters. The summed E-state index contributed by atoms with van der Waals surface area (Å²) >= 11 is 0. The van der Waals surface area contributed by atoms with E-state index in [1.807, 2.05) is 44.1 Å². The van der Waals surface area contributed by atoms with E-state index in [2.05, 4.69) is 15.3 Å². The maximum Gasteiger partial charge on any atom is 0.255 e. The van der Waals surface area contributed by atoms with E-state index in [0.29, 0.717) is 24.5 Å². The number of hydrogen-bond donors (Lipinski definition) is 1. The third-order valence-corrected chi connectivity index (χ3v) is 4.67. The van der Waals surface area contributed by atoms with Gasteiger partial charge >= 0.3 is 0 Å². The minimum absolute atomic E-state index is 0.0843. The average molecular weight is 367 g/mol. The Labute approximate surface area is 159 Å². The van der Waals surface area contributed by atoms with E-state index in [1.165, 1.54) is 0 Å². The predicted octanol–water partition coefficient (Wildman–Crippen LogP) is 2.34. The quantitative estimate of drug-likeness (QED) is 0.897. The van der Waals surface area contributed by atoms with E-state index in [-0.39, 0.29) is 17.7 Å². The summed E-state index contributed by atoms with van der Waals surface area (Å²) in [6.45, 7) is 2.94. The molecule has 1 N–H and O–H groups in total. The van der Waals surface area contributed by atoms with Gasteiger partial charge in [-0.15, -0.1) is 0 Å². The lowest BCUT2D eigenvalue weighted by Crippen LogP contribution is -2.43. The first-order chi connectivity index (χ1) is 12.9. The van der Waals surface area contributed by atoms with Crippen LogP contribution in [-0.4, -0.2) is 53.9 Å². The molecule has 0 aromatic carbocycles. The molecule has 27 heavy (non-hydrogen) atoms. The number of hydrogen-bond acceptors (Lipinski definition) is 5. The largest absolute Gasteiger partial charge is 0.363 e. The van der Waals surface area contributed by atoms with Gasteiger partial charge < -0.3 is 15.1 Å². The third kappa shape index (κ3) is 4.61. The van der Waals surface area contributed by atoms with E-state index in [1.54, 1.807) is 23.2 Å². The van der Waals surface area contributed by atoms with Crippen LogP contribution in [0.1, 0.15) is 28.9 Å². The monoisotopic (exact) mass is 367 g/mol. The number of anilines is 2. The Hall–Kier alpha value is -2.96. The maximum absolute atomic E-state index is 12.8. The molecule has 0 spiro atoms. The fourth-order valence-electron chi connectivity index (χ4n) is 3.18. The van der Waals surface area contributed by atoms with Gasteiger partial charge in [-0.3, -0.25) is 9.59 Å². The van der Waals surface area contributed by atoms with Crippen LogP contribution in [0, 0.1) is 12.8 Å². The summed E-state index contributed by atoms with van der Waals surface area (Å²) in [5, 5.41) is 2.87. The number of likely N-dealkylation sites (tertiary alicyclic amines) is 1. The van der Waals surface area contributed by atoms with Crippen molar-refractivity contribution in [3.63, 3.8) is 0 Å². The van der Waals surface area contributed by atoms with Crippen molar-refractivity contribution in [1.29, 1.82) is 0 Å². The van der Waals surface area contributed by atoms with Crippen LogP contribution in [0.4, 0.5) is 11.6 Å². The molecule has 0 saturated carbocycles. The summed E-state index contributed by atoms with van der Waals surface area (Å²) in [6.07, 6.45) is 3.16. The highest BCUT2D eigenvalue weighted by Crippen LogP contribution is 2.20. The van der Waals surface area contributed by atoms with Gasteiger partial charge in [-0.2, -0.15) is 0 Å². The first kappa shape index (κ1) is 18.8. The zero-order valence-electron chi connectivity index (χ0n) is 16.0. The molecule has 1 saturated heterocycles. The molecule has 2 amide bonds. The number of nitrogens with one attached hydrogen (secondary N) is 1. The fraction of sp³-hybridized carbons (Fsp3) is 0.400. The summed E-state index contributed by atoms with van der Waals surface area (Å²) in [6, 6.07) is 9.12. The standard InChI is InChI=1S/C20H25N5O2/c1-14-6-4-8-17(22-14)23-19(26)16-7-5-11-25(13-16)20(27)15-9-10-18(21-12-15)24(2)3/h4,6,8-10,12,16H,5,7,11,13H2,1-3H3,(H,22,23,26). The second-order valence-electron chi connectivity index (χ2n) is 7.04. The fourth-order valence-corrected chi connectivity index (χ4v) is 3.18. The van der Waals surface area contributed by atoms with Gasteiger partial charge in [0.1, 0.15) is 11.6 Å². The number of nitrogens with zero attached hydrogens (tertiary/aromatic N) is 4. The van der Waals surface area contributed by atoms with E-state index in [9.17, 15) is 9.59 Å². The maximum atomic E-state index is 12.8. The van der Waals surface area contributed by atoms with Gasteiger partial charge in [0.05, 0.1) is 11.5 Å². The minimum atomic E-state index is -0.237. The summed E-state index contributed by atoms with van der Waals surface area (Å²) in [5.41, 5.74) is 1.39. The number of aryl methyl sites for hydroxylation is 1. The molecule has 7 nitrogen and oxygen atoms in total. The molecule has 0 bridgehead atoms.